The average molecular weight is 483 g/mol. The quantitative estimate of drug-likeness (QED) is 0.208. The molecule has 3 aromatic carbocycles. The summed E-state index contributed by atoms with van der Waals surface area (Å²) in [4.78, 5) is 23.6. The second-order valence-corrected chi connectivity index (χ2v) is 7.68. The number of hydrogen-bond acceptors (Lipinski definition) is 10. The van der Waals surface area contributed by atoms with Crippen LogP contribution in [0, 0.1) is 10.1 Å². The van der Waals surface area contributed by atoms with E-state index in [9.17, 15) is 14.9 Å². The highest BCUT2D eigenvalue weighted by molar-refractivity contribution is 6.04. The minimum Gasteiger partial charge on any atom is -0.378 e. The van der Waals surface area contributed by atoms with Crippen LogP contribution in [0.5, 0.6) is 0 Å². The Morgan fingerprint density at radius 2 is 1.83 bits per heavy atom. The van der Waals surface area contributed by atoms with Gasteiger partial charge in [0, 0.05) is 17.7 Å². The third kappa shape index (κ3) is 4.11. The van der Waals surface area contributed by atoms with E-state index < -0.39 is 10.8 Å². The molecule has 36 heavy (non-hydrogen) atoms. The molecule has 5 rings (SSSR count). The van der Waals surface area contributed by atoms with E-state index in [1.807, 2.05) is 42.5 Å². The number of carbonyl (C=O) groups is 1. The van der Waals surface area contributed by atoms with Gasteiger partial charge in [0.2, 0.25) is 11.6 Å². The minimum atomic E-state index is -0.662. The van der Waals surface area contributed by atoms with E-state index in [0.29, 0.717) is 11.3 Å². The lowest BCUT2D eigenvalue weighted by Crippen LogP contribution is -2.21. The lowest BCUT2D eigenvalue weighted by atomic mass is 10.0. The highest BCUT2D eigenvalue weighted by atomic mass is 16.6. The van der Waals surface area contributed by atoms with Gasteiger partial charge in [0.25, 0.3) is 11.6 Å². The van der Waals surface area contributed by atoms with Crippen LogP contribution in [0.1, 0.15) is 23.0 Å². The van der Waals surface area contributed by atoms with Crippen LogP contribution in [0.15, 0.2) is 76.5 Å². The Morgan fingerprint density at radius 3 is 2.53 bits per heavy atom. The molecule has 0 aliphatic rings. The van der Waals surface area contributed by atoms with Gasteiger partial charge in [0.15, 0.2) is 5.69 Å². The predicted molar refractivity (Wildman–Crippen MR) is 129 cm³/mol. The zero-order valence-electron chi connectivity index (χ0n) is 18.7. The molecule has 1 amide bonds. The number of amides is 1. The summed E-state index contributed by atoms with van der Waals surface area (Å²) in [6.45, 7) is 1.76. The van der Waals surface area contributed by atoms with Crippen molar-refractivity contribution in [3.8, 4) is 17.1 Å². The number of aromatic nitrogens is 5. The maximum Gasteiger partial charge on any atom is 0.294 e. The van der Waals surface area contributed by atoms with Crippen molar-refractivity contribution in [3.63, 3.8) is 0 Å². The first-order valence-electron chi connectivity index (χ1n) is 10.5. The third-order valence-corrected chi connectivity index (χ3v) is 5.43. The first-order valence-corrected chi connectivity index (χ1v) is 10.5. The van der Waals surface area contributed by atoms with Crippen LogP contribution in [0.25, 0.3) is 27.8 Å². The first-order chi connectivity index (χ1) is 17.4. The molecule has 0 unspecified atom stereocenters. The average Bonchev–Trinajstić information content (AvgIpc) is 3.52. The summed E-state index contributed by atoms with van der Waals surface area (Å²) >= 11 is 0. The van der Waals surface area contributed by atoms with Crippen molar-refractivity contribution in [2.75, 3.05) is 5.73 Å². The molecule has 0 aliphatic heterocycles. The number of carbonyl (C=O) groups excluding carboxylic acids is 1. The van der Waals surface area contributed by atoms with E-state index in [1.54, 1.807) is 6.92 Å². The highest BCUT2D eigenvalue weighted by Gasteiger charge is 2.25. The Bertz CT molecular complexity index is 1640. The van der Waals surface area contributed by atoms with Gasteiger partial charge >= 0.3 is 0 Å². The van der Waals surface area contributed by atoms with Gasteiger partial charge in [-0.05, 0) is 51.8 Å². The number of nitrogen functional groups attached to an aromatic ring is 1. The second-order valence-electron chi connectivity index (χ2n) is 7.68. The molecule has 0 aliphatic carbocycles. The monoisotopic (exact) mass is 483 g/mol. The Hall–Kier alpha value is -5.46. The predicted octanol–water partition coefficient (Wildman–Crippen LogP) is 3.11. The van der Waals surface area contributed by atoms with Crippen molar-refractivity contribution in [2.45, 2.75) is 6.92 Å². The number of fused-ring (bicyclic) bond motifs is 1. The van der Waals surface area contributed by atoms with E-state index in [-0.39, 0.29) is 28.7 Å². The molecule has 0 fully saturated rings. The SMILES string of the molecule is CC(=NNC(=O)c1nnn(-c2nonc2N)c1-c1ccc([N+](=O)[O-])cc1)c1ccc2ccccc2c1. The molecule has 2 aromatic heterocycles. The van der Waals surface area contributed by atoms with Crippen LogP contribution < -0.4 is 11.2 Å². The molecule has 0 radical (unpaired) electrons. The summed E-state index contributed by atoms with van der Waals surface area (Å²) in [5.74, 6) is -0.740. The number of hydrazone groups is 1. The largest absolute Gasteiger partial charge is 0.378 e. The molecule has 2 heterocycles. The summed E-state index contributed by atoms with van der Waals surface area (Å²) < 4.78 is 5.81. The number of hydrogen-bond donors (Lipinski definition) is 2. The number of nitrogens with two attached hydrogens (primary N) is 1. The number of nitro groups is 1. The van der Waals surface area contributed by atoms with Crippen molar-refractivity contribution >= 4 is 33.9 Å². The standard InChI is InChI=1S/C23H17N9O4/c1-13(16-7-6-14-4-2-3-5-17(14)12-16)25-27-23(33)19-20(15-8-10-18(11-9-15)32(34)35)31(30-26-19)22-21(24)28-36-29-22/h2-12H,1H3,(H2,24,28)(H,27,33). The molecular weight excluding hydrogens is 466 g/mol. The lowest BCUT2D eigenvalue weighted by Gasteiger charge is -2.07. The smallest absolute Gasteiger partial charge is 0.294 e. The molecule has 0 bridgehead atoms. The molecule has 13 nitrogen and oxygen atoms in total. The Morgan fingerprint density at radius 1 is 1.08 bits per heavy atom. The van der Waals surface area contributed by atoms with E-state index in [4.69, 9.17) is 5.73 Å². The van der Waals surface area contributed by atoms with Gasteiger partial charge in [0.05, 0.1) is 10.6 Å². The number of nitrogens with one attached hydrogen (secondary N) is 1. The summed E-state index contributed by atoms with van der Waals surface area (Å²) in [7, 11) is 0. The fourth-order valence-electron chi connectivity index (χ4n) is 3.59. The lowest BCUT2D eigenvalue weighted by molar-refractivity contribution is -0.384. The molecule has 13 heteroatoms. The van der Waals surface area contributed by atoms with Crippen molar-refractivity contribution in [2.24, 2.45) is 5.10 Å². The van der Waals surface area contributed by atoms with Crippen LogP contribution in [0.3, 0.4) is 0 Å². The molecule has 178 valence electrons. The second kappa shape index (κ2) is 9.06. The van der Waals surface area contributed by atoms with E-state index in [1.165, 1.54) is 28.9 Å². The van der Waals surface area contributed by atoms with Gasteiger partial charge in [-0.3, -0.25) is 14.9 Å². The van der Waals surface area contributed by atoms with E-state index >= 15 is 0 Å². The van der Waals surface area contributed by atoms with E-state index in [2.05, 4.69) is 35.8 Å². The Balaban J connectivity index is 1.49. The van der Waals surface area contributed by atoms with Gasteiger partial charge in [-0.15, -0.1) is 5.10 Å². The summed E-state index contributed by atoms with van der Waals surface area (Å²) in [6.07, 6.45) is 0. The molecule has 0 atom stereocenters. The zero-order valence-corrected chi connectivity index (χ0v) is 18.7. The molecule has 5 aromatic rings. The van der Waals surface area contributed by atoms with Crippen LogP contribution in [-0.4, -0.2) is 41.8 Å². The number of non-ortho nitro benzene ring substituents is 1. The number of rotatable bonds is 6. The van der Waals surface area contributed by atoms with Crippen LogP contribution in [-0.2, 0) is 0 Å². The summed E-state index contributed by atoms with van der Waals surface area (Å²) in [5.41, 5.74) is 10.0. The van der Waals surface area contributed by atoms with Gasteiger partial charge in [-0.2, -0.15) is 9.78 Å². The number of benzene rings is 3. The number of anilines is 1. The number of nitro benzene ring substituents is 1. The molecular formula is C23H17N9O4. The van der Waals surface area contributed by atoms with Gasteiger partial charge in [-0.25, -0.2) is 10.1 Å². The maximum absolute atomic E-state index is 13.1. The molecule has 0 saturated heterocycles. The third-order valence-electron chi connectivity index (χ3n) is 5.43. The topological polar surface area (TPSA) is 180 Å². The van der Waals surface area contributed by atoms with Crippen molar-refractivity contribution in [3.05, 3.63) is 88.1 Å². The maximum atomic E-state index is 13.1. The summed E-state index contributed by atoms with van der Waals surface area (Å²) in [5, 5.41) is 32.6. The highest BCUT2D eigenvalue weighted by Crippen LogP contribution is 2.28. The summed E-state index contributed by atoms with van der Waals surface area (Å²) in [6, 6.07) is 19.3. The normalized spacial score (nSPS) is 11.5. The Kier molecular flexibility index (Phi) is 5.62. The van der Waals surface area contributed by atoms with Gasteiger partial charge in [0.1, 0.15) is 5.69 Å². The first kappa shape index (κ1) is 22.3. The van der Waals surface area contributed by atoms with Crippen LogP contribution in [0.2, 0.25) is 0 Å². The van der Waals surface area contributed by atoms with Crippen molar-refractivity contribution < 1.29 is 14.3 Å². The van der Waals surface area contributed by atoms with Crippen LogP contribution in [0.4, 0.5) is 11.5 Å². The zero-order chi connectivity index (χ0) is 25.2. The fraction of sp³-hybridized carbons (Fsp3) is 0.0435. The van der Waals surface area contributed by atoms with Crippen LogP contribution >= 0.6 is 0 Å². The van der Waals surface area contributed by atoms with Gasteiger partial charge in [-0.1, -0.05) is 41.6 Å². The molecule has 3 N–H and O–H groups in total. The van der Waals surface area contributed by atoms with E-state index in [0.717, 1.165) is 16.3 Å². The minimum absolute atomic E-state index is 0.00532. The number of nitrogens with zero attached hydrogens (tertiary/aromatic N) is 7. The van der Waals surface area contributed by atoms with Crippen molar-refractivity contribution in [1.82, 2.24) is 30.7 Å². The molecule has 0 saturated carbocycles. The Labute approximate surface area is 202 Å². The molecule has 0 spiro atoms. The fourth-order valence-corrected chi connectivity index (χ4v) is 3.59. The van der Waals surface area contributed by atoms with Crippen molar-refractivity contribution in [1.29, 1.82) is 0 Å². The van der Waals surface area contributed by atoms with Gasteiger partial charge < -0.3 is 5.73 Å².